The second-order valence-electron chi connectivity index (χ2n) is 2.04. The molecule has 0 bridgehead atoms. The third-order valence-corrected chi connectivity index (χ3v) is 2.51. The quantitative estimate of drug-likeness (QED) is 0.303. The second-order valence-corrected chi connectivity index (χ2v) is 2.98. The highest BCUT2D eigenvalue weighted by Crippen LogP contribution is 2.36. The summed E-state index contributed by atoms with van der Waals surface area (Å²) in [4.78, 5) is 2.83. The zero-order chi connectivity index (χ0) is 5.56. The van der Waals surface area contributed by atoms with E-state index in [4.69, 9.17) is 0 Å². The molecule has 0 saturated carbocycles. The van der Waals surface area contributed by atoms with Gasteiger partial charge in [-0.05, 0) is 6.08 Å². The molecule has 0 N–H and O–H groups in total. The molecule has 1 saturated heterocycles. The molecule has 2 aliphatic rings. The third-order valence-electron chi connectivity index (χ3n) is 1.50. The van der Waals surface area contributed by atoms with Gasteiger partial charge in [-0.25, -0.2) is 0 Å². The Kier molecular flexibility index (Phi) is 0.796. The van der Waals surface area contributed by atoms with Crippen molar-refractivity contribution in [3.8, 4) is 0 Å². The molecule has 0 aromatic rings. The average molecular weight is 172 g/mol. The number of halogens is 1. The fourth-order valence-electron chi connectivity index (χ4n) is 0.935. The van der Waals surface area contributed by atoms with Crippen molar-refractivity contribution in [1.29, 1.82) is 0 Å². The van der Waals surface area contributed by atoms with Crippen LogP contribution in [0.2, 0.25) is 0 Å². The van der Waals surface area contributed by atoms with Gasteiger partial charge in [0.1, 0.15) is 4.95 Å². The molecule has 2 heterocycles. The van der Waals surface area contributed by atoms with E-state index in [0.717, 1.165) is 0 Å². The average Bonchev–Trinajstić information content (AvgIpc) is 2.46. The first kappa shape index (κ1) is 4.62. The Morgan fingerprint density at radius 2 is 2.25 bits per heavy atom. The molecule has 8 heavy (non-hydrogen) atoms. The summed E-state index contributed by atoms with van der Waals surface area (Å²) in [6, 6.07) is 0.653. The molecule has 0 amide bonds. The zero-order valence-corrected chi connectivity index (χ0v) is 5.88. The molecular formula is C6H6BrN. The molecule has 2 rings (SSSR count). The van der Waals surface area contributed by atoms with E-state index in [0.29, 0.717) is 11.0 Å². The van der Waals surface area contributed by atoms with Crippen LogP contribution in [0.4, 0.5) is 0 Å². The van der Waals surface area contributed by atoms with Gasteiger partial charge in [0, 0.05) is 6.20 Å². The summed E-state index contributed by atoms with van der Waals surface area (Å²) in [6.45, 7) is 0. The van der Waals surface area contributed by atoms with E-state index in [1.165, 1.54) is 0 Å². The Hall–Kier alpha value is -0.240. The van der Waals surface area contributed by atoms with Crippen molar-refractivity contribution >= 4 is 15.9 Å². The van der Waals surface area contributed by atoms with E-state index in [1.807, 2.05) is 0 Å². The Labute approximate surface area is 56.8 Å². The molecule has 0 aliphatic carbocycles. The second kappa shape index (κ2) is 1.38. The Morgan fingerprint density at radius 3 is 2.75 bits per heavy atom. The molecule has 0 spiro atoms. The van der Waals surface area contributed by atoms with E-state index in [2.05, 4.69) is 45.3 Å². The van der Waals surface area contributed by atoms with Gasteiger partial charge >= 0.3 is 0 Å². The van der Waals surface area contributed by atoms with Crippen molar-refractivity contribution in [2.75, 3.05) is 0 Å². The number of rotatable bonds is 0. The van der Waals surface area contributed by atoms with Crippen LogP contribution in [-0.2, 0) is 0 Å². The smallest absolute Gasteiger partial charge is 0.109 e. The zero-order valence-electron chi connectivity index (χ0n) is 4.29. The molecule has 0 aromatic heterocycles. The molecular weight excluding hydrogens is 166 g/mol. The van der Waals surface area contributed by atoms with Crippen molar-refractivity contribution in [3.63, 3.8) is 0 Å². The summed E-state index contributed by atoms with van der Waals surface area (Å²) in [7, 11) is 0. The minimum atomic E-state index is 0.581. The van der Waals surface area contributed by atoms with Crippen molar-refractivity contribution in [2.45, 2.75) is 11.0 Å². The molecule has 2 atom stereocenters. The molecule has 2 heteroatoms. The van der Waals surface area contributed by atoms with Crippen LogP contribution >= 0.6 is 15.9 Å². The Bertz CT molecular complexity index is 144. The van der Waals surface area contributed by atoms with Gasteiger partial charge in [-0.15, -0.1) is 0 Å². The van der Waals surface area contributed by atoms with Gasteiger partial charge in [0.2, 0.25) is 0 Å². The first-order chi connectivity index (χ1) is 3.89. The van der Waals surface area contributed by atoms with Crippen molar-refractivity contribution in [1.82, 2.24) is 4.90 Å². The first-order valence-corrected chi connectivity index (χ1v) is 3.58. The summed E-state index contributed by atoms with van der Waals surface area (Å²) in [5, 5.41) is 0. The van der Waals surface area contributed by atoms with Crippen LogP contribution in [0.1, 0.15) is 0 Å². The maximum absolute atomic E-state index is 3.50. The van der Waals surface area contributed by atoms with Crippen LogP contribution in [0.3, 0.4) is 0 Å². The monoisotopic (exact) mass is 171 g/mol. The van der Waals surface area contributed by atoms with E-state index >= 15 is 0 Å². The van der Waals surface area contributed by atoms with Gasteiger partial charge in [0.05, 0.1) is 6.04 Å². The predicted octanol–water partition coefficient (Wildman–Crippen LogP) is 1.48. The van der Waals surface area contributed by atoms with E-state index in [1.54, 1.807) is 0 Å². The van der Waals surface area contributed by atoms with E-state index in [9.17, 15) is 0 Å². The molecule has 2 unspecified atom stereocenters. The van der Waals surface area contributed by atoms with E-state index < -0.39 is 0 Å². The van der Waals surface area contributed by atoms with Crippen molar-refractivity contribution in [2.24, 2.45) is 0 Å². The highest BCUT2D eigenvalue weighted by Gasteiger charge is 2.41. The van der Waals surface area contributed by atoms with Crippen molar-refractivity contribution in [3.05, 3.63) is 24.4 Å². The van der Waals surface area contributed by atoms with Crippen LogP contribution < -0.4 is 0 Å². The Balaban J connectivity index is 2.23. The number of hydrogen-bond donors (Lipinski definition) is 0. The van der Waals surface area contributed by atoms with Gasteiger partial charge < -0.3 is 4.90 Å². The molecule has 0 radical (unpaired) electrons. The lowest BCUT2D eigenvalue weighted by Crippen LogP contribution is -1.90. The number of alkyl halides is 1. The number of hydrogen-bond acceptors (Lipinski definition) is 1. The Morgan fingerprint density at radius 1 is 1.38 bits per heavy atom. The van der Waals surface area contributed by atoms with Crippen LogP contribution in [-0.4, -0.2) is 15.9 Å². The molecule has 1 fully saturated rings. The maximum Gasteiger partial charge on any atom is 0.109 e. The largest absolute Gasteiger partial charge is 0.353 e. The van der Waals surface area contributed by atoms with Crippen LogP contribution in [0.15, 0.2) is 24.4 Å². The minimum Gasteiger partial charge on any atom is -0.353 e. The van der Waals surface area contributed by atoms with Crippen LogP contribution in [0.25, 0.3) is 0 Å². The molecule has 0 aromatic carbocycles. The van der Waals surface area contributed by atoms with Crippen LogP contribution in [0.5, 0.6) is 0 Å². The summed E-state index contributed by atoms with van der Waals surface area (Å²) >= 11 is 3.50. The fourth-order valence-corrected chi connectivity index (χ4v) is 1.66. The molecule has 2 aliphatic heterocycles. The minimum absolute atomic E-state index is 0.581. The maximum atomic E-state index is 3.50. The van der Waals surface area contributed by atoms with Gasteiger partial charge in [-0.3, -0.25) is 0 Å². The lowest BCUT2D eigenvalue weighted by molar-refractivity contribution is 0.715. The highest BCUT2D eigenvalue weighted by molar-refractivity contribution is 9.09. The summed E-state index contributed by atoms with van der Waals surface area (Å²) in [5.74, 6) is 0. The topological polar surface area (TPSA) is 3.01 Å². The number of nitrogens with zero attached hydrogens (tertiary/aromatic N) is 1. The van der Waals surface area contributed by atoms with Crippen LogP contribution in [0, 0.1) is 0 Å². The van der Waals surface area contributed by atoms with Gasteiger partial charge in [-0.1, -0.05) is 28.1 Å². The lowest BCUT2D eigenvalue weighted by atomic mass is 10.3. The van der Waals surface area contributed by atoms with Gasteiger partial charge in [0.15, 0.2) is 0 Å². The summed E-state index contributed by atoms with van der Waals surface area (Å²) < 4.78 is 0. The molecule has 1 nitrogen and oxygen atoms in total. The highest BCUT2D eigenvalue weighted by atomic mass is 79.9. The number of fused-ring (bicyclic) bond motifs is 1. The lowest BCUT2D eigenvalue weighted by Gasteiger charge is -1.93. The fraction of sp³-hybridized carbons (Fsp3) is 0.333. The van der Waals surface area contributed by atoms with E-state index in [-0.39, 0.29) is 0 Å². The van der Waals surface area contributed by atoms with Gasteiger partial charge in [-0.2, -0.15) is 0 Å². The summed E-state index contributed by atoms with van der Waals surface area (Å²) in [5.41, 5.74) is 0. The third kappa shape index (κ3) is 0.465. The molecule has 42 valence electrons. The predicted molar refractivity (Wildman–Crippen MR) is 36.6 cm³/mol. The van der Waals surface area contributed by atoms with Crippen molar-refractivity contribution < 1.29 is 0 Å². The SMILES string of the molecule is BrC1C2C=CC=CN12. The first-order valence-electron chi connectivity index (χ1n) is 2.66. The number of allylic oxidation sites excluding steroid dienone is 2. The summed E-state index contributed by atoms with van der Waals surface area (Å²) in [6.07, 6.45) is 8.43. The van der Waals surface area contributed by atoms with Gasteiger partial charge in [0.25, 0.3) is 0 Å². The standard InChI is InChI=1S/C6H6BrN/c7-6-5-3-1-2-4-8(5)6/h1-6H. The normalized spacial score (nSPS) is 39.9.